The average Bonchev–Trinajstić information content (AvgIpc) is 2.47. The van der Waals surface area contributed by atoms with Gasteiger partial charge in [0.2, 0.25) is 0 Å². The normalized spacial score (nSPS) is 30.4. The first kappa shape index (κ1) is 9.20. The maximum Gasteiger partial charge on any atom is 0.149 e. The van der Waals surface area contributed by atoms with Crippen LogP contribution in [0, 0.1) is 0 Å². The van der Waals surface area contributed by atoms with Crippen LogP contribution in [0.4, 0.5) is 0 Å². The monoisotopic (exact) mass is 181 g/mol. The zero-order valence-electron chi connectivity index (χ0n) is 8.44. The number of Topliss-reactive ketones (excluding diaryl/α,β-unsaturated/α-hetero) is 1. The highest BCUT2D eigenvalue weighted by molar-refractivity contribution is 5.84. The smallest absolute Gasteiger partial charge is 0.149 e. The third-order valence-corrected chi connectivity index (χ3v) is 3.59. The fraction of sp³-hybridized carbons (Fsp3) is 0.909. The number of hydrogen-bond acceptors (Lipinski definition) is 2. The molecule has 1 atom stereocenters. The van der Waals surface area contributed by atoms with Crippen LogP contribution >= 0.6 is 0 Å². The molecule has 2 fully saturated rings. The van der Waals surface area contributed by atoms with E-state index >= 15 is 0 Å². The first-order valence-corrected chi connectivity index (χ1v) is 5.56. The zero-order chi connectivity index (χ0) is 9.31. The van der Waals surface area contributed by atoms with E-state index in [0.717, 1.165) is 19.3 Å². The molecule has 0 amide bonds. The Hall–Kier alpha value is -0.370. The minimum atomic E-state index is 0.195. The minimum Gasteiger partial charge on any atom is -0.302 e. The molecule has 1 unspecified atom stereocenters. The van der Waals surface area contributed by atoms with Gasteiger partial charge < -0.3 is 5.32 Å². The van der Waals surface area contributed by atoms with Gasteiger partial charge >= 0.3 is 0 Å². The Balaban J connectivity index is 1.87. The highest BCUT2D eigenvalue weighted by Crippen LogP contribution is 2.40. The molecule has 1 spiro atoms. The van der Waals surface area contributed by atoms with Crippen LogP contribution in [0.25, 0.3) is 0 Å². The van der Waals surface area contributed by atoms with Gasteiger partial charge in [-0.1, -0.05) is 6.92 Å². The lowest BCUT2D eigenvalue weighted by atomic mass is 9.76. The van der Waals surface area contributed by atoms with E-state index in [-0.39, 0.29) is 6.04 Å². The summed E-state index contributed by atoms with van der Waals surface area (Å²) in [5, 5.41) is 3.54. The Labute approximate surface area is 80.1 Å². The van der Waals surface area contributed by atoms with E-state index < -0.39 is 0 Å². The van der Waals surface area contributed by atoms with Crippen molar-refractivity contribution in [1.82, 2.24) is 5.32 Å². The van der Waals surface area contributed by atoms with E-state index in [9.17, 15) is 4.79 Å². The van der Waals surface area contributed by atoms with Crippen molar-refractivity contribution in [2.75, 3.05) is 0 Å². The molecule has 0 bridgehead atoms. The summed E-state index contributed by atoms with van der Waals surface area (Å²) in [6.45, 7) is 2.08. The van der Waals surface area contributed by atoms with Gasteiger partial charge in [0.15, 0.2) is 0 Å². The molecule has 1 saturated heterocycles. The van der Waals surface area contributed by atoms with Crippen molar-refractivity contribution in [1.29, 1.82) is 0 Å². The Morgan fingerprint density at radius 1 is 1.46 bits per heavy atom. The Morgan fingerprint density at radius 3 is 2.69 bits per heavy atom. The van der Waals surface area contributed by atoms with Crippen molar-refractivity contribution in [3.05, 3.63) is 0 Å². The number of carbonyl (C=O) groups is 1. The summed E-state index contributed by atoms with van der Waals surface area (Å²) in [6, 6.07) is 0.195. The van der Waals surface area contributed by atoms with Crippen LogP contribution in [-0.4, -0.2) is 17.4 Å². The molecule has 0 aromatic carbocycles. The molecule has 1 aliphatic carbocycles. The summed E-state index contributed by atoms with van der Waals surface area (Å²) >= 11 is 0. The van der Waals surface area contributed by atoms with Crippen LogP contribution < -0.4 is 5.32 Å². The van der Waals surface area contributed by atoms with E-state index in [1.807, 2.05) is 0 Å². The third-order valence-electron chi connectivity index (χ3n) is 3.59. The predicted molar refractivity (Wildman–Crippen MR) is 52.7 cm³/mol. The third kappa shape index (κ3) is 1.64. The first-order valence-electron chi connectivity index (χ1n) is 5.56. The molecular weight excluding hydrogens is 162 g/mol. The molecule has 0 aromatic rings. The molecule has 2 aliphatic rings. The average molecular weight is 181 g/mol. The summed E-state index contributed by atoms with van der Waals surface area (Å²) in [4.78, 5) is 11.6. The second kappa shape index (κ2) is 3.41. The van der Waals surface area contributed by atoms with E-state index in [1.54, 1.807) is 0 Å². The largest absolute Gasteiger partial charge is 0.302 e. The van der Waals surface area contributed by atoms with Gasteiger partial charge in [-0.3, -0.25) is 4.79 Å². The van der Waals surface area contributed by atoms with Crippen LogP contribution in [0.5, 0.6) is 0 Å². The highest BCUT2D eigenvalue weighted by atomic mass is 16.1. The molecule has 0 aromatic heterocycles. The zero-order valence-corrected chi connectivity index (χ0v) is 8.44. The Bertz CT molecular complexity index is 208. The SMILES string of the molecule is CCCC(=O)C1CCC2(CCC2)N1. The second-order valence-electron chi connectivity index (χ2n) is 4.59. The molecule has 1 saturated carbocycles. The lowest BCUT2D eigenvalue weighted by Crippen LogP contribution is -2.50. The molecular formula is C11H19NO. The number of hydrogen-bond donors (Lipinski definition) is 1. The van der Waals surface area contributed by atoms with E-state index in [4.69, 9.17) is 0 Å². The molecule has 1 N–H and O–H groups in total. The van der Waals surface area contributed by atoms with Crippen LogP contribution in [0.1, 0.15) is 51.9 Å². The molecule has 1 heterocycles. The number of carbonyl (C=O) groups excluding carboxylic acids is 1. The summed E-state index contributed by atoms with van der Waals surface area (Å²) in [6.07, 6.45) is 8.00. The fourth-order valence-corrected chi connectivity index (χ4v) is 2.59. The molecule has 1 aliphatic heterocycles. The number of nitrogens with one attached hydrogen (secondary N) is 1. The molecule has 74 valence electrons. The van der Waals surface area contributed by atoms with Gasteiger partial charge in [0.05, 0.1) is 6.04 Å². The Kier molecular flexibility index (Phi) is 2.41. The summed E-state index contributed by atoms with van der Waals surface area (Å²) < 4.78 is 0. The van der Waals surface area contributed by atoms with Gasteiger partial charge in [-0.2, -0.15) is 0 Å². The standard InChI is InChI=1S/C11H19NO/c1-2-4-10(13)9-5-8-11(12-9)6-3-7-11/h9,12H,2-8H2,1H3. The maximum atomic E-state index is 11.6. The van der Waals surface area contributed by atoms with Crippen LogP contribution in [0.15, 0.2) is 0 Å². The van der Waals surface area contributed by atoms with E-state index in [0.29, 0.717) is 11.3 Å². The number of ketones is 1. The van der Waals surface area contributed by atoms with Gasteiger partial charge in [0, 0.05) is 12.0 Å². The van der Waals surface area contributed by atoms with Crippen molar-refractivity contribution < 1.29 is 4.79 Å². The summed E-state index contributed by atoms with van der Waals surface area (Å²) in [7, 11) is 0. The molecule has 13 heavy (non-hydrogen) atoms. The van der Waals surface area contributed by atoms with Crippen LogP contribution in [0.3, 0.4) is 0 Å². The molecule has 2 rings (SSSR count). The van der Waals surface area contributed by atoms with Crippen molar-refractivity contribution in [2.45, 2.75) is 63.5 Å². The quantitative estimate of drug-likeness (QED) is 0.721. The summed E-state index contributed by atoms with van der Waals surface area (Å²) in [5.74, 6) is 0.436. The lowest BCUT2D eigenvalue weighted by Gasteiger charge is -2.39. The molecule has 0 radical (unpaired) electrons. The highest BCUT2D eigenvalue weighted by Gasteiger charge is 2.44. The van der Waals surface area contributed by atoms with Crippen molar-refractivity contribution >= 4 is 5.78 Å². The van der Waals surface area contributed by atoms with Gasteiger partial charge in [0.25, 0.3) is 0 Å². The van der Waals surface area contributed by atoms with Crippen molar-refractivity contribution in [2.24, 2.45) is 0 Å². The number of rotatable bonds is 3. The van der Waals surface area contributed by atoms with Gasteiger partial charge in [-0.15, -0.1) is 0 Å². The van der Waals surface area contributed by atoms with E-state index in [2.05, 4.69) is 12.2 Å². The van der Waals surface area contributed by atoms with Crippen LogP contribution in [-0.2, 0) is 4.79 Å². The van der Waals surface area contributed by atoms with Gasteiger partial charge in [0.1, 0.15) is 5.78 Å². The first-order chi connectivity index (χ1) is 6.26. The second-order valence-corrected chi connectivity index (χ2v) is 4.59. The minimum absolute atomic E-state index is 0.195. The topological polar surface area (TPSA) is 29.1 Å². The maximum absolute atomic E-state index is 11.6. The summed E-state index contributed by atoms with van der Waals surface area (Å²) in [5.41, 5.74) is 0.397. The predicted octanol–water partition coefficient (Wildman–Crippen LogP) is 2.03. The molecule has 2 heteroatoms. The van der Waals surface area contributed by atoms with Crippen LogP contribution in [0.2, 0.25) is 0 Å². The van der Waals surface area contributed by atoms with Crippen molar-refractivity contribution in [3.63, 3.8) is 0 Å². The van der Waals surface area contributed by atoms with Gasteiger partial charge in [-0.25, -0.2) is 0 Å². The lowest BCUT2D eigenvalue weighted by molar-refractivity contribution is -0.121. The fourth-order valence-electron chi connectivity index (χ4n) is 2.59. The Morgan fingerprint density at radius 2 is 2.23 bits per heavy atom. The molecule has 2 nitrogen and oxygen atoms in total. The van der Waals surface area contributed by atoms with Gasteiger partial charge in [-0.05, 0) is 38.5 Å². The van der Waals surface area contributed by atoms with Crippen molar-refractivity contribution in [3.8, 4) is 0 Å². The van der Waals surface area contributed by atoms with E-state index in [1.165, 1.54) is 25.7 Å².